The van der Waals surface area contributed by atoms with Gasteiger partial charge in [-0.3, -0.25) is 9.78 Å². The minimum absolute atomic E-state index is 0. The van der Waals surface area contributed by atoms with Crippen molar-refractivity contribution in [3.63, 3.8) is 0 Å². The summed E-state index contributed by atoms with van der Waals surface area (Å²) in [6, 6.07) is 6.05. The molecule has 2 aliphatic heterocycles. The van der Waals surface area contributed by atoms with Gasteiger partial charge in [-0.25, -0.2) is 9.97 Å². The number of carbonyl (C=O) groups excluding carboxylic acids is 1. The Morgan fingerprint density at radius 1 is 1.19 bits per heavy atom. The van der Waals surface area contributed by atoms with Gasteiger partial charge in [-0.2, -0.15) is 18.5 Å². The molecule has 12 nitrogen and oxygen atoms in total. The van der Waals surface area contributed by atoms with E-state index in [2.05, 4.69) is 30.9 Å². The number of fused-ring (bicyclic) bond motifs is 1. The van der Waals surface area contributed by atoms with Gasteiger partial charge in [-0.15, -0.1) is 0 Å². The molecule has 1 amide bonds. The second kappa shape index (κ2) is 10.7. The number of pyridine rings is 2. The van der Waals surface area contributed by atoms with Crippen LogP contribution in [0.1, 0.15) is 22.6 Å². The van der Waals surface area contributed by atoms with Gasteiger partial charge in [0.05, 0.1) is 18.9 Å². The fourth-order valence-corrected chi connectivity index (χ4v) is 4.29. The van der Waals surface area contributed by atoms with Crippen LogP contribution < -0.4 is 20.9 Å². The minimum Gasteiger partial charge on any atom is -0.444 e. The van der Waals surface area contributed by atoms with Gasteiger partial charge in [-0.1, -0.05) is 0 Å². The maximum absolute atomic E-state index is 13.1. The summed E-state index contributed by atoms with van der Waals surface area (Å²) in [5.74, 6) is 0.456. The van der Waals surface area contributed by atoms with Crippen LogP contribution in [0.15, 0.2) is 39.5 Å². The summed E-state index contributed by atoms with van der Waals surface area (Å²) in [6.45, 7) is 6.24. The lowest BCUT2D eigenvalue weighted by atomic mass is 10.2. The number of hydrogen-bond donors (Lipinski definition) is 3. The lowest BCUT2D eigenvalue weighted by Gasteiger charge is -2.24. The van der Waals surface area contributed by atoms with Crippen molar-refractivity contribution in [3.8, 4) is 11.5 Å². The molecule has 2 aliphatic rings. The Morgan fingerprint density at radius 2 is 2.05 bits per heavy atom. The molecule has 37 heavy (non-hydrogen) atoms. The van der Waals surface area contributed by atoms with Gasteiger partial charge in [0, 0.05) is 49.2 Å². The van der Waals surface area contributed by atoms with E-state index in [4.69, 9.17) is 18.6 Å². The van der Waals surface area contributed by atoms with Crippen molar-refractivity contribution in [2.75, 3.05) is 54.9 Å². The SMILES string of the molecule is Cc1cc(-c2nc(C(=O)Nc3cc4oc(N5CCOCC5)nc4nc3N[C@H]3CCNC3)co2)ccn1.S. The van der Waals surface area contributed by atoms with Gasteiger partial charge in [0.2, 0.25) is 11.5 Å². The molecule has 2 fully saturated rings. The molecule has 6 rings (SSSR count). The third-order valence-corrected chi connectivity index (χ3v) is 6.18. The molecule has 194 valence electrons. The van der Waals surface area contributed by atoms with Crippen molar-refractivity contribution < 1.29 is 18.4 Å². The van der Waals surface area contributed by atoms with Crippen LogP contribution in [0.3, 0.4) is 0 Å². The van der Waals surface area contributed by atoms with Crippen LogP contribution in [0.25, 0.3) is 22.7 Å². The van der Waals surface area contributed by atoms with E-state index >= 15 is 0 Å². The first kappa shape index (κ1) is 25.0. The zero-order chi connectivity index (χ0) is 24.5. The fraction of sp³-hybridized carbons (Fsp3) is 0.375. The Kier molecular flexibility index (Phi) is 7.26. The van der Waals surface area contributed by atoms with E-state index in [1.165, 1.54) is 6.26 Å². The number of aromatic nitrogens is 4. The van der Waals surface area contributed by atoms with E-state index in [0.717, 1.165) is 30.8 Å². The Hall–Kier alpha value is -3.68. The molecular weight excluding hydrogens is 496 g/mol. The molecule has 1 atom stereocenters. The molecular formula is C24H28N8O4S. The minimum atomic E-state index is -0.419. The van der Waals surface area contributed by atoms with E-state index < -0.39 is 5.91 Å². The fourth-order valence-electron chi connectivity index (χ4n) is 4.29. The molecule has 4 aromatic rings. The lowest BCUT2D eigenvalue weighted by Crippen LogP contribution is -2.36. The highest BCUT2D eigenvalue weighted by Gasteiger charge is 2.23. The van der Waals surface area contributed by atoms with Crippen molar-refractivity contribution in [2.24, 2.45) is 0 Å². The highest BCUT2D eigenvalue weighted by molar-refractivity contribution is 7.59. The first-order valence-corrected chi connectivity index (χ1v) is 11.9. The molecule has 4 aromatic heterocycles. The van der Waals surface area contributed by atoms with Crippen molar-refractivity contribution >= 4 is 48.2 Å². The highest BCUT2D eigenvalue weighted by atomic mass is 32.1. The van der Waals surface area contributed by atoms with E-state index in [1.807, 2.05) is 17.9 Å². The van der Waals surface area contributed by atoms with E-state index in [-0.39, 0.29) is 25.2 Å². The number of nitrogens with zero attached hydrogens (tertiary/aromatic N) is 5. The van der Waals surface area contributed by atoms with Crippen LogP contribution in [-0.4, -0.2) is 71.3 Å². The molecule has 2 saturated heterocycles. The molecule has 0 radical (unpaired) electrons. The molecule has 0 saturated carbocycles. The zero-order valence-electron chi connectivity index (χ0n) is 20.3. The second-order valence-corrected chi connectivity index (χ2v) is 8.81. The molecule has 6 heterocycles. The van der Waals surface area contributed by atoms with Crippen LogP contribution in [0.4, 0.5) is 17.5 Å². The molecule has 0 aromatic carbocycles. The first-order chi connectivity index (χ1) is 17.6. The molecule has 0 unspecified atom stereocenters. The Labute approximate surface area is 219 Å². The standard InChI is InChI=1S/C24H26N8O4.H2S/c1-14-10-15(2-5-26-14)23-29-18(13-35-23)22(33)28-17-11-19-21(30-20(17)27-16-3-4-25-12-16)31-24(36-19)32-6-8-34-9-7-32;/h2,5,10-11,13,16,25H,3-4,6-9,12H2,1H3,(H,27,30)(H,28,33);1H2/t16-;/m0./s1. The normalized spacial score (nSPS) is 17.5. The number of carbonyl (C=O) groups is 1. The Balaban J connectivity index is 0.00000280. The van der Waals surface area contributed by atoms with Crippen LogP contribution >= 0.6 is 13.5 Å². The highest BCUT2D eigenvalue weighted by Crippen LogP contribution is 2.30. The van der Waals surface area contributed by atoms with Gasteiger partial charge in [0.25, 0.3) is 11.9 Å². The maximum atomic E-state index is 13.1. The summed E-state index contributed by atoms with van der Waals surface area (Å²) < 4.78 is 17.0. The maximum Gasteiger partial charge on any atom is 0.300 e. The van der Waals surface area contributed by atoms with E-state index in [1.54, 1.807) is 18.3 Å². The average Bonchev–Trinajstić information content (AvgIpc) is 3.66. The predicted molar refractivity (Wildman–Crippen MR) is 143 cm³/mol. The number of morpholine rings is 1. The second-order valence-electron chi connectivity index (χ2n) is 8.81. The van der Waals surface area contributed by atoms with Crippen LogP contribution in [0.5, 0.6) is 0 Å². The summed E-state index contributed by atoms with van der Waals surface area (Å²) >= 11 is 0. The number of aryl methyl sites for hydroxylation is 1. The zero-order valence-corrected chi connectivity index (χ0v) is 21.3. The largest absolute Gasteiger partial charge is 0.444 e. The molecule has 0 bridgehead atoms. The summed E-state index contributed by atoms with van der Waals surface area (Å²) in [5, 5.41) is 9.68. The number of anilines is 3. The number of rotatable bonds is 6. The van der Waals surface area contributed by atoms with Gasteiger partial charge in [0.15, 0.2) is 17.1 Å². The number of oxazole rings is 2. The van der Waals surface area contributed by atoms with Crippen molar-refractivity contribution in [1.82, 2.24) is 25.3 Å². The van der Waals surface area contributed by atoms with Gasteiger partial charge in [0.1, 0.15) is 6.26 Å². The monoisotopic (exact) mass is 524 g/mol. The number of amides is 1. The molecule has 13 heteroatoms. The van der Waals surface area contributed by atoms with Gasteiger partial charge < -0.3 is 34.4 Å². The van der Waals surface area contributed by atoms with Gasteiger partial charge >= 0.3 is 0 Å². The van der Waals surface area contributed by atoms with Crippen molar-refractivity contribution in [3.05, 3.63) is 42.0 Å². The third kappa shape index (κ3) is 5.38. The quantitative estimate of drug-likeness (QED) is 0.342. The van der Waals surface area contributed by atoms with Crippen LogP contribution in [0.2, 0.25) is 0 Å². The number of hydrogen-bond acceptors (Lipinski definition) is 11. The van der Waals surface area contributed by atoms with Gasteiger partial charge in [-0.05, 0) is 32.0 Å². The van der Waals surface area contributed by atoms with E-state index in [0.29, 0.717) is 60.9 Å². The molecule has 0 spiro atoms. The van der Waals surface area contributed by atoms with Crippen LogP contribution in [0, 0.1) is 6.92 Å². The Morgan fingerprint density at radius 3 is 2.84 bits per heavy atom. The summed E-state index contributed by atoms with van der Waals surface area (Å²) in [7, 11) is 0. The smallest absolute Gasteiger partial charge is 0.300 e. The third-order valence-electron chi connectivity index (χ3n) is 6.18. The Bertz CT molecular complexity index is 1390. The summed E-state index contributed by atoms with van der Waals surface area (Å²) in [4.78, 5) is 33.0. The topological polar surface area (TPSA) is 143 Å². The summed E-state index contributed by atoms with van der Waals surface area (Å²) in [5.41, 5.74) is 3.16. The first-order valence-electron chi connectivity index (χ1n) is 11.9. The van der Waals surface area contributed by atoms with Crippen LogP contribution in [-0.2, 0) is 4.74 Å². The number of ether oxygens (including phenoxy) is 1. The molecule has 0 aliphatic carbocycles. The summed E-state index contributed by atoms with van der Waals surface area (Å²) in [6.07, 6.45) is 3.96. The van der Waals surface area contributed by atoms with E-state index in [9.17, 15) is 4.79 Å². The van der Waals surface area contributed by atoms with Crippen molar-refractivity contribution in [2.45, 2.75) is 19.4 Å². The average molecular weight is 525 g/mol. The lowest BCUT2D eigenvalue weighted by molar-refractivity contribution is 0.102. The number of nitrogens with one attached hydrogen (secondary N) is 3. The predicted octanol–water partition coefficient (Wildman–Crippen LogP) is 2.56. The van der Waals surface area contributed by atoms with Crippen molar-refractivity contribution in [1.29, 1.82) is 0 Å². The molecule has 3 N–H and O–H groups in total.